The Hall–Kier alpha value is -0.860. The molecule has 0 spiro atoms. The lowest BCUT2D eigenvalue weighted by Crippen LogP contribution is -2.43. The molecule has 0 aromatic heterocycles. The molecule has 2 heteroatoms. The van der Waals surface area contributed by atoms with Gasteiger partial charge in [0.25, 0.3) is 0 Å². The van der Waals surface area contributed by atoms with Crippen LogP contribution < -0.4 is 5.32 Å². The lowest BCUT2D eigenvalue weighted by Gasteiger charge is -2.33. The van der Waals surface area contributed by atoms with Crippen LogP contribution in [0, 0.1) is 5.41 Å². The van der Waals surface area contributed by atoms with Gasteiger partial charge in [0, 0.05) is 19.1 Å². The van der Waals surface area contributed by atoms with Gasteiger partial charge in [0.1, 0.15) is 0 Å². The second kappa shape index (κ2) is 6.93. The van der Waals surface area contributed by atoms with Crippen LogP contribution in [-0.4, -0.2) is 30.6 Å². The molecule has 116 valence electrons. The van der Waals surface area contributed by atoms with Crippen molar-refractivity contribution < 1.29 is 0 Å². The fourth-order valence-corrected chi connectivity index (χ4v) is 3.72. The molecule has 0 atom stereocenters. The van der Waals surface area contributed by atoms with Gasteiger partial charge in [-0.2, -0.15) is 0 Å². The summed E-state index contributed by atoms with van der Waals surface area (Å²) in [6.07, 6.45) is 8.31. The average Bonchev–Trinajstić information content (AvgIpc) is 3.28. The van der Waals surface area contributed by atoms with E-state index in [0.717, 1.165) is 12.6 Å². The van der Waals surface area contributed by atoms with Crippen LogP contribution in [0.25, 0.3) is 0 Å². The Labute approximate surface area is 129 Å². The first kappa shape index (κ1) is 15.1. The summed E-state index contributed by atoms with van der Waals surface area (Å²) < 4.78 is 0. The van der Waals surface area contributed by atoms with E-state index in [0.29, 0.717) is 5.41 Å². The highest BCUT2D eigenvalue weighted by Gasteiger charge is 2.41. The van der Waals surface area contributed by atoms with Gasteiger partial charge in [0.05, 0.1) is 0 Å². The molecule has 0 amide bonds. The molecule has 1 aromatic rings. The van der Waals surface area contributed by atoms with Crippen LogP contribution in [0.2, 0.25) is 0 Å². The standard InChI is InChI=1S/C19H30N2/c1-2-10-19(11-12-19)16-20-18-8-13-21(14-9-18)15-17-6-4-3-5-7-17/h3-7,18,20H,2,8-16H2,1H3. The largest absolute Gasteiger partial charge is 0.313 e. The third kappa shape index (κ3) is 4.31. The van der Waals surface area contributed by atoms with Gasteiger partial charge in [-0.05, 0) is 56.2 Å². The number of rotatable bonds is 7. The van der Waals surface area contributed by atoms with E-state index in [1.807, 2.05) is 0 Å². The van der Waals surface area contributed by atoms with E-state index < -0.39 is 0 Å². The van der Waals surface area contributed by atoms with Crippen molar-refractivity contribution in [2.75, 3.05) is 19.6 Å². The third-order valence-electron chi connectivity index (χ3n) is 5.34. The summed E-state index contributed by atoms with van der Waals surface area (Å²) in [4.78, 5) is 2.60. The molecule has 0 unspecified atom stereocenters. The van der Waals surface area contributed by atoms with Gasteiger partial charge in [-0.3, -0.25) is 4.90 Å². The van der Waals surface area contributed by atoms with E-state index in [4.69, 9.17) is 0 Å². The van der Waals surface area contributed by atoms with Crippen molar-refractivity contribution in [1.29, 1.82) is 0 Å². The Kier molecular flexibility index (Phi) is 4.97. The number of nitrogens with one attached hydrogen (secondary N) is 1. The SMILES string of the molecule is CCCC1(CNC2CCN(Cc3ccccc3)CC2)CC1. The molecule has 2 aliphatic rings. The average molecular weight is 286 g/mol. The summed E-state index contributed by atoms with van der Waals surface area (Å²) in [6, 6.07) is 11.6. The van der Waals surface area contributed by atoms with Gasteiger partial charge in [-0.25, -0.2) is 0 Å². The molecule has 1 aliphatic carbocycles. The Morgan fingerprint density at radius 2 is 1.86 bits per heavy atom. The van der Waals surface area contributed by atoms with Crippen LogP contribution in [0.3, 0.4) is 0 Å². The number of benzene rings is 1. The Morgan fingerprint density at radius 1 is 1.14 bits per heavy atom. The second-order valence-corrected chi connectivity index (χ2v) is 7.17. The molecule has 1 aliphatic heterocycles. The van der Waals surface area contributed by atoms with Crippen LogP contribution in [0.15, 0.2) is 30.3 Å². The van der Waals surface area contributed by atoms with Crippen molar-refractivity contribution >= 4 is 0 Å². The Morgan fingerprint density at radius 3 is 2.48 bits per heavy atom. The molecular formula is C19H30N2. The van der Waals surface area contributed by atoms with E-state index in [-0.39, 0.29) is 0 Å². The molecule has 2 nitrogen and oxygen atoms in total. The van der Waals surface area contributed by atoms with E-state index >= 15 is 0 Å². The van der Waals surface area contributed by atoms with Gasteiger partial charge >= 0.3 is 0 Å². The highest BCUT2D eigenvalue weighted by Crippen LogP contribution is 2.49. The molecule has 21 heavy (non-hydrogen) atoms. The lowest BCUT2D eigenvalue weighted by molar-refractivity contribution is 0.186. The number of piperidine rings is 1. The Bertz CT molecular complexity index is 416. The molecule has 0 radical (unpaired) electrons. The number of nitrogens with zero attached hydrogens (tertiary/aromatic N) is 1. The topological polar surface area (TPSA) is 15.3 Å². The molecular weight excluding hydrogens is 256 g/mol. The van der Waals surface area contributed by atoms with Crippen molar-refractivity contribution in [3.8, 4) is 0 Å². The van der Waals surface area contributed by atoms with E-state index in [2.05, 4.69) is 47.5 Å². The summed E-state index contributed by atoms with van der Waals surface area (Å²) in [5.41, 5.74) is 2.14. The van der Waals surface area contributed by atoms with Crippen LogP contribution >= 0.6 is 0 Å². The summed E-state index contributed by atoms with van der Waals surface area (Å²) in [5.74, 6) is 0. The summed E-state index contributed by atoms with van der Waals surface area (Å²) in [5, 5.41) is 3.87. The third-order valence-corrected chi connectivity index (χ3v) is 5.34. The van der Waals surface area contributed by atoms with Crippen molar-refractivity contribution in [3.63, 3.8) is 0 Å². The van der Waals surface area contributed by atoms with Gasteiger partial charge in [0.15, 0.2) is 0 Å². The predicted octanol–water partition coefficient (Wildman–Crippen LogP) is 3.82. The molecule has 1 saturated heterocycles. The van der Waals surface area contributed by atoms with Crippen LogP contribution in [0.5, 0.6) is 0 Å². The highest BCUT2D eigenvalue weighted by molar-refractivity contribution is 5.14. The van der Waals surface area contributed by atoms with Crippen molar-refractivity contribution in [2.24, 2.45) is 5.41 Å². The monoisotopic (exact) mass is 286 g/mol. The maximum atomic E-state index is 3.87. The minimum Gasteiger partial charge on any atom is -0.313 e. The molecule has 3 rings (SSSR count). The summed E-state index contributed by atoms with van der Waals surface area (Å²) in [6.45, 7) is 7.19. The first-order valence-corrected chi connectivity index (χ1v) is 8.79. The maximum absolute atomic E-state index is 3.87. The molecule has 1 aromatic carbocycles. The van der Waals surface area contributed by atoms with Crippen molar-refractivity contribution in [3.05, 3.63) is 35.9 Å². The molecule has 1 saturated carbocycles. The molecule has 1 N–H and O–H groups in total. The lowest BCUT2D eigenvalue weighted by atomic mass is 9.98. The minimum absolute atomic E-state index is 0.690. The number of likely N-dealkylation sites (tertiary alicyclic amines) is 1. The zero-order valence-electron chi connectivity index (χ0n) is 13.5. The first-order valence-electron chi connectivity index (χ1n) is 8.79. The number of hydrogen-bond donors (Lipinski definition) is 1. The van der Waals surface area contributed by atoms with Crippen molar-refractivity contribution in [2.45, 2.75) is 58.0 Å². The smallest absolute Gasteiger partial charge is 0.0233 e. The van der Waals surface area contributed by atoms with Crippen LogP contribution in [0.1, 0.15) is 51.0 Å². The second-order valence-electron chi connectivity index (χ2n) is 7.17. The van der Waals surface area contributed by atoms with E-state index in [9.17, 15) is 0 Å². The van der Waals surface area contributed by atoms with Gasteiger partial charge in [-0.1, -0.05) is 43.7 Å². The van der Waals surface area contributed by atoms with E-state index in [1.54, 1.807) is 0 Å². The van der Waals surface area contributed by atoms with Crippen molar-refractivity contribution in [1.82, 2.24) is 10.2 Å². The summed E-state index contributed by atoms with van der Waals surface area (Å²) in [7, 11) is 0. The van der Waals surface area contributed by atoms with Gasteiger partial charge in [-0.15, -0.1) is 0 Å². The fourth-order valence-electron chi connectivity index (χ4n) is 3.72. The normalized spacial score (nSPS) is 22.3. The van der Waals surface area contributed by atoms with Gasteiger partial charge < -0.3 is 5.32 Å². The number of hydrogen-bond acceptors (Lipinski definition) is 2. The summed E-state index contributed by atoms with van der Waals surface area (Å²) >= 11 is 0. The van der Waals surface area contributed by atoms with Gasteiger partial charge in [0.2, 0.25) is 0 Å². The first-order chi connectivity index (χ1) is 10.3. The zero-order valence-corrected chi connectivity index (χ0v) is 13.5. The Balaban J connectivity index is 1.37. The molecule has 2 fully saturated rings. The zero-order chi connectivity index (χ0) is 14.5. The van der Waals surface area contributed by atoms with Crippen LogP contribution in [0.4, 0.5) is 0 Å². The predicted molar refractivity (Wildman–Crippen MR) is 89.3 cm³/mol. The minimum atomic E-state index is 0.690. The fraction of sp³-hybridized carbons (Fsp3) is 0.684. The van der Waals surface area contributed by atoms with Crippen LogP contribution in [-0.2, 0) is 6.54 Å². The van der Waals surface area contributed by atoms with E-state index in [1.165, 1.54) is 63.7 Å². The maximum Gasteiger partial charge on any atom is 0.0233 e. The molecule has 0 bridgehead atoms. The quantitative estimate of drug-likeness (QED) is 0.819. The molecule has 1 heterocycles. The highest BCUT2D eigenvalue weighted by atomic mass is 15.1.